The molecule has 1 amide bonds. The number of ether oxygens (including phenoxy) is 1. The van der Waals surface area contributed by atoms with Crippen molar-refractivity contribution in [3.8, 4) is 0 Å². The summed E-state index contributed by atoms with van der Waals surface area (Å²) in [4.78, 5) is 29.3. The summed E-state index contributed by atoms with van der Waals surface area (Å²) in [6, 6.07) is 5.62. The van der Waals surface area contributed by atoms with E-state index in [1.54, 1.807) is 0 Å². The van der Waals surface area contributed by atoms with Gasteiger partial charge in [0.1, 0.15) is 0 Å². The Balaban J connectivity index is 1.62. The van der Waals surface area contributed by atoms with E-state index in [0.717, 1.165) is 18.8 Å². The summed E-state index contributed by atoms with van der Waals surface area (Å²) in [5.41, 5.74) is 0.991. The van der Waals surface area contributed by atoms with E-state index in [9.17, 15) is 14.9 Å². The molecule has 2 heterocycles. The highest BCUT2D eigenvalue weighted by molar-refractivity contribution is 7.13. The number of rotatable bonds is 5. The first-order valence-corrected chi connectivity index (χ1v) is 9.16. The van der Waals surface area contributed by atoms with Crippen LogP contribution in [0.15, 0.2) is 29.6 Å². The van der Waals surface area contributed by atoms with Gasteiger partial charge in [-0.05, 0) is 19.9 Å². The number of carbonyl (C=O) groups is 1. The van der Waals surface area contributed by atoms with Crippen LogP contribution in [0.3, 0.4) is 0 Å². The van der Waals surface area contributed by atoms with Crippen LogP contribution in [0.2, 0.25) is 0 Å². The smallest absolute Gasteiger partial charge is 0.270 e. The third-order valence-electron chi connectivity index (χ3n) is 3.97. The molecule has 1 saturated heterocycles. The van der Waals surface area contributed by atoms with Gasteiger partial charge in [0.25, 0.3) is 11.6 Å². The molecule has 2 aromatic rings. The second kappa shape index (κ2) is 7.90. The Bertz CT molecular complexity index is 800. The predicted octanol–water partition coefficient (Wildman–Crippen LogP) is 2.91. The molecule has 8 nitrogen and oxygen atoms in total. The summed E-state index contributed by atoms with van der Waals surface area (Å²) in [5.74, 6) is -0.414. The number of nitrogens with zero attached hydrogens (tertiary/aromatic N) is 3. The van der Waals surface area contributed by atoms with Crippen LogP contribution in [0.5, 0.6) is 0 Å². The molecular formula is C17H20N4O4S. The van der Waals surface area contributed by atoms with Crippen LogP contribution in [0.25, 0.3) is 0 Å². The molecular weight excluding hydrogens is 356 g/mol. The van der Waals surface area contributed by atoms with E-state index < -0.39 is 10.8 Å². The Kier molecular flexibility index (Phi) is 5.60. The van der Waals surface area contributed by atoms with Gasteiger partial charge in [0.05, 0.1) is 22.8 Å². The third-order valence-corrected chi connectivity index (χ3v) is 4.78. The number of aromatic nitrogens is 1. The molecule has 1 aliphatic heterocycles. The maximum Gasteiger partial charge on any atom is 0.270 e. The summed E-state index contributed by atoms with van der Waals surface area (Å²) < 4.78 is 5.72. The Hall–Kier alpha value is -2.36. The van der Waals surface area contributed by atoms with Gasteiger partial charge < -0.3 is 4.74 Å². The summed E-state index contributed by atoms with van der Waals surface area (Å²) in [6.07, 6.45) is 0.371. The average Bonchev–Trinajstić information content (AvgIpc) is 3.00. The largest absolute Gasteiger partial charge is 0.373 e. The van der Waals surface area contributed by atoms with Gasteiger partial charge in [-0.25, -0.2) is 4.98 Å². The molecule has 0 spiro atoms. The molecule has 0 aliphatic carbocycles. The van der Waals surface area contributed by atoms with Crippen LogP contribution >= 0.6 is 11.3 Å². The minimum Gasteiger partial charge on any atom is -0.373 e. The topological polar surface area (TPSA) is 97.6 Å². The maximum absolute atomic E-state index is 12.3. The Morgan fingerprint density at radius 2 is 2.15 bits per heavy atom. The number of nitro groups is 1. The van der Waals surface area contributed by atoms with Crippen molar-refractivity contribution < 1.29 is 14.5 Å². The quantitative estimate of drug-likeness (QED) is 0.636. The summed E-state index contributed by atoms with van der Waals surface area (Å²) in [5, 5.41) is 15.9. The number of hydrogen-bond donors (Lipinski definition) is 1. The van der Waals surface area contributed by atoms with Gasteiger partial charge in [0, 0.05) is 42.7 Å². The number of morpholine rings is 1. The van der Waals surface area contributed by atoms with Gasteiger partial charge in [0.15, 0.2) is 5.13 Å². The van der Waals surface area contributed by atoms with Crippen molar-refractivity contribution in [2.24, 2.45) is 0 Å². The Morgan fingerprint density at radius 1 is 1.42 bits per heavy atom. The minimum atomic E-state index is -0.525. The van der Waals surface area contributed by atoms with E-state index in [1.165, 1.54) is 35.6 Å². The lowest BCUT2D eigenvalue weighted by Crippen LogP contribution is -2.44. The SMILES string of the molecule is C[C@@H]1CN(Cc2csc(NC(=O)c3cccc([N+](=O)[O-])c3)n2)C[C@@H](C)O1. The van der Waals surface area contributed by atoms with Gasteiger partial charge in [-0.3, -0.25) is 25.1 Å². The average molecular weight is 376 g/mol. The molecule has 1 aromatic heterocycles. The van der Waals surface area contributed by atoms with Crippen molar-refractivity contribution in [1.82, 2.24) is 9.88 Å². The fraction of sp³-hybridized carbons (Fsp3) is 0.412. The number of thiazole rings is 1. The van der Waals surface area contributed by atoms with E-state index in [-0.39, 0.29) is 23.5 Å². The minimum absolute atomic E-state index is 0.118. The lowest BCUT2D eigenvalue weighted by Gasteiger charge is -2.34. The fourth-order valence-electron chi connectivity index (χ4n) is 3.01. The van der Waals surface area contributed by atoms with Crippen molar-refractivity contribution in [2.45, 2.75) is 32.6 Å². The van der Waals surface area contributed by atoms with E-state index in [2.05, 4.69) is 29.0 Å². The van der Waals surface area contributed by atoms with Crippen LogP contribution < -0.4 is 5.32 Å². The van der Waals surface area contributed by atoms with E-state index >= 15 is 0 Å². The molecule has 0 bridgehead atoms. The van der Waals surface area contributed by atoms with E-state index in [4.69, 9.17) is 4.74 Å². The number of amides is 1. The molecule has 2 atom stereocenters. The first-order chi connectivity index (χ1) is 12.4. The normalized spacial score (nSPS) is 20.7. The molecule has 0 radical (unpaired) electrons. The standard InChI is InChI=1S/C17H20N4O4S/c1-11-7-20(8-12(2)25-11)9-14-10-26-17(18-14)19-16(22)13-4-3-5-15(6-13)21(23)24/h3-6,10-12H,7-9H2,1-2H3,(H,18,19,22)/t11-,12-/m1/s1. The van der Waals surface area contributed by atoms with Gasteiger partial charge in [-0.1, -0.05) is 6.07 Å². The number of nitrogens with one attached hydrogen (secondary N) is 1. The third kappa shape index (κ3) is 4.63. The number of carbonyl (C=O) groups excluding carboxylic acids is 1. The molecule has 9 heteroatoms. The molecule has 0 unspecified atom stereocenters. The first kappa shape index (κ1) is 18.4. The van der Waals surface area contributed by atoms with Gasteiger partial charge in [-0.2, -0.15) is 0 Å². The van der Waals surface area contributed by atoms with E-state index in [1.807, 2.05) is 5.38 Å². The number of hydrogen-bond acceptors (Lipinski definition) is 7. The van der Waals surface area contributed by atoms with Crippen LogP contribution in [-0.2, 0) is 11.3 Å². The van der Waals surface area contributed by atoms with Crippen molar-refractivity contribution in [2.75, 3.05) is 18.4 Å². The van der Waals surface area contributed by atoms with Crippen LogP contribution in [-0.4, -0.2) is 46.0 Å². The van der Waals surface area contributed by atoms with Crippen molar-refractivity contribution >= 4 is 28.1 Å². The number of benzene rings is 1. The number of anilines is 1. The van der Waals surface area contributed by atoms with Crippen molar-refractivity contribution in [1.29, 1.82) is 0 Å². The predicted molar refractivity (Wildman–Crippen MR) is 98.4 cm³/mol. The summed E-state index contributed by atoms with van der Waals surface area (Å²) >= 11 is 1.34. The number of non-ortho nitro benzene ring substituents is 1. The van der Waals surface area contributed by atoms with Crippen LogP contribution in [0.4, 0.5) is 10.8 Å². The molecule has 26 heavy (non-hydrogen) atoms. The lowest BCUT2D eigenvalue weighted by atomic mass is 10.2. The van der Waals surface area contributed by atoms with Crippen molar-refractivity contribution in [3.05, 3.63) is 51.0 Å². The van der Waals surface area contributed by atoms with Gasteiger partial charge >= 0.3 is 0 Å². The van der Waals surface area contributed by atoms with Crippen molar-refractivity contribution in [3.63, 3.8) is 0 Å². The Morgan fingerprint density at radius 3 is 2.85 bits per heavy atom. The second-order valence-corrected chi connectivity index (χ2v) is 7.22. The monoisotopic (exact) mass is 376 g/mol. The zero-order valence-electron chi connectivity index (χ0n) is 14.5. The molecule has 138 valence electrons. The molecule has 3 rings (SSSR count). The van der Waals surface area contributed by atoms with Gasteiger partial charge in [-0.15, -0.1) is 11.3 Å². The maximum atomic E-state index is 12.3. The highest BCUT2D eigenvalue weighted by atomic mass is 32.1. The lowest BCUT2D eigenvalue weighted by molar-refractivity contribution is -0.384. The molecule has 1 aromatic carbocycles. The van der Waals surface area contributed by atoms with Crippen LogP contribution in [0.1, 0.15) is 29.9 Å². The first-order valence-electron chi connectivity index (χ1n) is 8.28. The molecule has 1 aliphatic rings. The number of nitro benzene ring substituents is 1. The fourth-order valence-corrected chi connectivity index (χ4v) is 3.71. The zero-order chi connectivity index (χ0) is 18.7. The molecule has 0 saturated carbocycles. The highest BCUT2D eigenvalue weighted by Gasteiger charge is 2.23. The van der Waals surface area contributed by atoms with E-state index in [0.29, 0.717) is 11.7 Å². The Labute approximate surface area is 154 Å². The summed E-state index contributed by atoms with van der Waals surface area (Å²) in [6.45, 7) is 6.48. The molecule has 1 fully saturated rings. The van der Waals surface area contributed by atoms with Crippen LogP contribution in [0, 0.1) is 10.1 Å². The summed E-state index contributed by atoms with van der Waals surface area (Å²) in [7, 11) is 0. The highest BCUT2D eigenvalue weighted by Crippen LogP contribution is 2.21. The second-order valence-electron chi connectivity index (χ2n) is 6.36. The molecule has 1 N–H and O–H groups in total. The van der Waals surface area contributed by atoms with Gasteiger partial charge in [0.2, 0.25) is 0 Å². The zero-order valence-corrected chi connectivity index (χ0v) is 15.4.